The molecule has 4 aliphatic carbocycles. The standard InChI is InChI=1S/C31H50O5/c1-18(2)19(3)27(4)13-14-29(6)20-9-10-23-28(5)16-36-17-31(23,15-22(35-8)25(28)32)21(20)11-12-30(29,7)24(27)26(33)34/h11,18-20,22-25,32H,9-10,12-17H2,1-8H3,(H,33,34)/t19-,20?,22-,23?,24-,25+,27-,28+,29-,30+,31+/m1/s1. The molecular formula is C31H50O5. The Balaban J connectivity index is 1.62. The summed E-state index contributed by atoms with van der Waals surface area (Å²) in [4.78, 5) is 13.1. The molecule has 5 aliphatic rings. The number of aliphatic carboxylic acids is 1. The fourth-order valence-corrected chi connectivity index (χ4v) is 10.8. The first kappa shape index (κ1) is 26.7. The van der Waals surface area contributed by atoms with E-state index in [1.165, 1.54) is 5.57 Å². The van der Waals surface area contributed by atoms with E-state index in [1.807, 2.05) is 0 Å². The molecule has 3 saturated carbocycles. The van der Waals surface area contributed by atoms with Gasteiger partial charge in [-0.15, -0.1) is 0 Å². The average molecular weight is 503 g/mol. The third-order valence-electron chi connectivity index (χ3n) is 13.4. The fraction of sp³-hybridized carbons (Fsp3) is 0.903. The molecular weight excluding hydrogens is 452 g/mol. The topological polar surface area (TPSA) is 76.0 Å². The molecule has 5 rings (SSSR count). The monoisotopic (exact) mass is 502 g/mol. The van der Waals surface area contributed by atoms with Crippen molar-refractivity contribution in [2.24, 2.45) is 56.7 Å². The number of allylic oxidation sites excluding steroid dienone is 1. The summed E-state index contributed by atoms with van der Waals surface area (Å²) in [5, 5.41) is 22.1. The lowest BCUT2D eigenvalue weighted by atomic mass is 9.34. The molecule has 1 saturated heterocycles. The second-order valence-electron chi connectivity index (χ2n) is 14.8. The number of aliphatic hydroxyl groups excluding tert-OH is 1. The highest BCUT2D eigenvalue weighted by Gasteiger charge is 2.71. The predicted octanol–water partition coefficient (Wildman–Crippen LogP) is 5.95. The highest BCUT2D eigenvalue weighted by Crippen LogP contribution is 2.74. The van der Waals surface area contributed by atoms with Crippen molar-refractivity contribution in [1.29, 1.82) is 0 Å². The van der Waals surface area contributed by atoms with Crippen LogP contribution < -0.4 is 0 Å². The van der Waals surface area contributed by atoms with Crippen LogP contribution in [0.25, 0.3) is 0 Å². The summed E-state index contributed by atoms with van der Waals surface area (Å²) in [6.07, 6.45) is 7.52. The number of carbonyl (C=O) groups is 1. The first-order valence-corrected chi connectivity index (χ1v) is 14.4. The van der Waals surface area contributed by atoms with E-state index in [9.17, 15) is 15.0 Å². The van der Waals surface area contributed by atoms with Crippen LogP contribution in [-0.4, -0.2) is 48.7 Å². The fourth-order valence-electron chi connectivity index (χ4n) is 10.8. The maximum atomic E-state index is 13.1. The van der Waals surface area contributed by atoms with E-state index in [4.69, 9.17) is 9.47 Å². The third kappa shape index (κ3) is 3.09. The van der Waals surface area contributed by atoms with Gasteiger partial charge < -0.3 is 19.7 Å². The largest absolute Gasteiger partial charge is 0.481 e. The Bertz CT molecular complexity index is 943. The number of fused-ring (bicyclic) bond motifs is 3. The van der Waals surface area contributed by atoms with Gasteiger partial charge in [0.15, 0.2) is 0 Å². The van der Waals surface area contributed by atoms with Gasteiger partial charge in [0.05, 0.1) is 31.3 Å². The number of ether oxygens (including phenoxy) is 2. The molecule has 5 heteroatoms. The molecule has 0 spiro atoms. The van der Waals surface area contributed by atoms with E-state index in [1.54, 1.807) is 7.11 Å². The molecule has 36 heavy (non-hydrogen) atoms. The molecule has 2 N–H and O–H groups in total. The van der Waals surface area contributed by atoms with Crippen molar-refractivity contribution in [3.05, 3.63) is 11.6 Å². The summed E-state index contributed by atoms with van der Waals surface area (Å²) < 4.78 is 12.2. The molecule has 5 nitrogen and oxygen atoms in total. The Morgan fingerprint density at radius 2 is 1.78 bits per heavy atom. The number of rotatable bonds is 4. The van der Waals surface area contributed by atoms with E-state index < -0.39 is 12.1 Å². The van der Waals surface area contributed by atoms with Crippen LogP contribution in [0, 0.1) is 56.7 Å². The predicted molar refractivity (Wildman–Crippen MR) is 140 cm³/mol. The zero-order valence-corrected chi connectivity index (χ0v) is 23.9. The van der Waals surface area contributed by atoms with Crippen LogP contribution in [0.5, 0.6) is 0 Å². The number of aliphatic hydroxyl groups is 1. The van der Waals surface area contributed by atoms with Crippen molar-refractivity contribution in [1.82, 2.24) is 0 Å². The minimum absolute atomic E-state index is 0.0808. The van der Waals surface area contributed by atoms with Crippen molar-refractivity contribution in [2.45, 2.75) is 99.2 Å². The third-order valence-corrected chi connectivity index (χ3v) is 13.4. The maximum absolute atomic E-state index is 13.1. The summed E-state index contributed by atoms with van der Waals surface area (Å²) in [5.74, 6) is 0.533. The number of hydrogen-bond acceptors (Lipinski definition) is 4. The Morgan fingerprint density at radius 1 is 1.08 bits per heavy atom. The van der Waals surface area contributed by atoms with Crippen LogP contribution in [0.4, 0.5) is 0 Å². The molecule has 1 aliphatic heterocycles. The number of methoxy groups -OCH3 is 1. The second-order valence-corrected chi connectivity index (χ2v) is 14.8. The lowest BCUT2D eigenvalue weighted by molar-refractivity contribution is -0.257. The van der Waals surface area contributed by atoms with Gasteiger partial charge in [-0.25, -0.2) is 0 Å². The van der Waals surface area contributed by atoms with Gasteiger partial charge in [-0.2, -0.15) is 0 Å². The Kier molecular flexibility index (Phi) is 6.15. The zero-order chi connectivity index (χ0) is 26.5. The first-order chi connectivity index (χ1) is 16.7. The maximum Gasteiger partial charge on any atom is 0.307 e. The highest BCUT2D eigenvalue weighted by molar-refractivity contribution is 5.73. The van der Waals surface area contributed by atoms with E-state index in [-0.39, 0.29) is 39.1 Å². The summed E-state index contributed by atoms with van der Waals surface area (Å²) >= 11 is 0. The quantitative estimate of drug-likeness (QED) is 0.465. The number of carboxylic acid groups (broad SMARTS) is 1. The van der Waals surface area contributed by atoms with E-state index in [2.05, 4.69) is 54.5 Å². The normalized spacial score (nSPS) is 53.1. The zero-order valence-electron chi connectivity index (χ0n) is 23.9. The van der Waals surface area contributed by atoms with Gasteiger partial charge in [-0.05, 0) is 78.4 Å². The molecule has 0 aromatic carbocycles. The van der Waals surface area contributed by atoms with Crippen LogP contribution in [-0.2, 0) is 14.3 Å². The average Bonchev–Trinajstić information content (AvgIpc) is 2.81. The SMILES string of the molecule is CO[C@@H]1C[C@@]23COC[C@@](C)(C2CCC2C3=CC[C@@]3(C)[C@H](C(=O)O)[C@@](C)([C@H](C)C(C)C)CC[C@]23C)[C@H]1O. The second kappa shape index (κ2) is 8.29. The number of hydrogen-bond donors (Lipinski definition) is 2. The minimum Gasteiger partial charge on any atom is -0.481 e. The van der Waals surface area contributed by atoms with Gasteiger partial charge >= 0.3 is 5.97 Å². The lowest BCUT2D eigenvalue weighted by Crippen LogP contribution is -2.69. The summed E-state index contributed by atoms with van der Waals surface area (Å²) in [5.41, 5.74) is 0.459. The Labute approximate surface area is 218 Å². The molecule has 0 aromatic rings. The van der Waals surface area contributed by atoms with Gasteiger partial charge in [0.1, 0.15) is 0 Å². The van der Waals surface area contributed by atoms with Crippen molar-refractivity contribution in [2.75, 3.05) is 20.3 Å². The molecule has 0 radical (unpaired) electrons. The molecule has 4 fully saturated rings. The lowest BCUT2D eigenvalue weighted by Gasteiger charge is -2.71. The Hall–Kier alpha value is -0.910. The van der Waals surface area contributed by atoms with Crippen LogP contribution in [0.3, 0.4) is 0 Å². The van der Waals surface area contributed by atoms with Crippen molar-refractivity contribution in [3.63, 3.8) is 0 Å². The summed E-state index contributed by atoms with van der Waals surface area (Å²) in [7, 11) is 1.73. The van der Waals surface area contributed by atoms with Gasteiger partial charge in [-0.3, -0.25) is 4.79 Å². The first-order valence-electron chi connectivity index (χ1n) is 14.4. The highest BCUT2D eigenvalue weighted by atomic mass is 16.5. The minimum atomic E-state index is -0.615. The summed E-state index contributed by atoms with van der Waals surface area (Å²) in [6, 6.07) is 0. The van der Waals surface area contributed by atoms with Gasteiger partial charge in [-0.1, -0.05) is 60.1 Å². The van der Waals surface area contributed by atoms with Crippen LogP contribution >= 0.6 is 0 Å². The van der Waals surface area contributed by atoms with E-state index in [0.29, 0.717) is 36.9 Å². The number of carboxylic acids is 1. The smallest absolute Gasteiger partial charge is 0.307 e. The van der Waals surface area contributed by atoms with E-state index >= 15 is 0 Å². The molecule has 11 atom stereocenters. The van der Waals surface area contributed by atoms with Gasteiger partial charge in [0.25, 0.3) is 0 Å². The van der Waals surface area contributed by atoms with Crippen molar-refractivity contribution >= 4 is 5.97 Å². The van der Waals surface area contributed by atoms with Crippen LogP contribution in [0.15, 0.2) is 11.6 Å². The molecule has 0 amide bonds. The van der Waals surface area contributed by atoms with Gasteiger partial charge in [0, 0.05) is 17.9 Å². The van der Waals surface area contributed by atoms with Crippen LogP contribution in [0.2, 0.25) is 0 Å². The molecule has 2 bridgehead atoms. The molecule has 2 unspecified atom stereocenters. The van der Waals surface area contributed by atoms with Gasteiger partial charge in [0.2, 0.25) is 0 Å². The van der Waals surface area contributed by atoms with Crippen molar-refractivity contribution < 1.29 is 24.5 Å². The molecule has 0 aromatic heterocycles. The van der Waals surface area contributed by atoms with Crippen molar-refractivity contribution in [3.8, 4) is 0 Å². The molecule has 1 heterocycles. The molecule has 204 valence electrons. The van der Waals surface area contributed by atoms with E-state index in [0.717, 1.165) is 38.5 Å². The Morgan fingerprint density at radius 3 is 2.39 bits per heavy atom. The van der Waals surface area contributed by atoms with Crippen LogP contribution in [0.1, 0.15) is 87.0 Å². The summed E-state index contributed by atoms with van der Waals surface area (Å²) in [6.45, 7) is 17.2.